The number of carbonyl (C=O) groups is 2. The Labute approximate surface area is 119 Å². The van der Waals surface area contributed by atoms with E-state index in [1.54, 1.807) is 9.80 Å². The van der Waals surface area contributed by atoms with Crippen molar-refractivity contribution in [2.45, 2.75) is 38.8 Å². The number of nitrogens with zero attached hydrogens (tertiary/aromatic N) is 2. The van der Waals surface area contributed by atoms with Crippen LogP contribution in [-0.2, 0) is 16.1 Å². The van der Waals surface area contributed by atoms with E-state index in [1.807, 2.05) is 31.2 Å². The van der Waals surface area contributed by atoms with E-state index in [4.69, 9.17) is 0 Å². The Kier molecular flexibility index (Phi) is 3.47. The molecule has 2 aliphatic heterocycles. The molecular weight excluding hydrogens is 252 g/mol. The summed E-state index contributed by atoms with van der Waals surface area (Å²) in [7, 11) is 0. The molecule has 1 aromatic rings. The second-order valence-electron chi connectivity index (χ2n) is 5.78. The van der Waals surface area contributed by atoms with Crippen LogP contribution in [0.5, 0.6) is 0 Å². The lowest BCUT2D eigenvalue weighted by molar-refractivity contribution is -0.158. The van der Waals surface area contributed by atoms with Gasteiger partial charge in [-0.1, -0.05) is 29.8 Å². The number of piperazine rings is 1. The molecule has 2 aliphatic rings. The van der Waals surface area contributed by atoms with Gasteiger partial charge in [0, 0.05) is 13.1 Å². The summed E-state index contributed by atoms with van der Waals surface area (Å²) in [4.78, 5) is 28.2. The summed E-state index contributed by atoms with van der Waals surface area (Å²) in [5, 5.41) is 0. The van der Waals surface area contributed by atoms with Gasteiger partial charge in [-0.25, -0.2) is 0 Å². The van der Waals surface area contributed by atoms with E-state index in [1.165, 1.54) is 5.56 Å². The van der Waals surface area contributed by atoms with Crippen LogP contribution in [0.1, 0.15) is 30.4 Å². The molecule has 1 atom stereocenters. The highest BCUT2D eigenvalue weighted by Crippen LogP contribution is 2.24. The number of benzene rings is 1. The first-order chi connectivity index (χ1) is 9.65. The first-order valence-corrected chi connectivity index (χ1v) is 7.29. The molecule has 0 aliphatic carbocycles. The first-order valence-electron chi connectivity index (χ1n) is 7.29. The topological polar surface area (TPSA) is 40.6 Å². The molecule has 2 amide bonds. The van der Waals surface area contributed by atoms with Crippen LogP contribution >= 0.6 is 0 Å². The van der Waals surface area contributed by atoms with Gasteiger partial charge in [0.25, 0.3) is 0 Å². The minimum Gasteiger partial charge on any atom is -0.329 e. The Morgan fingerprint density at radius 3 is 2.65 bits per heavy atom. The van der Waals surface area contributed by atoms with Gasteiger partial charge < -0.3 is 9.80 Å². The summed E-state index contributed by atoms with van der Waals surface area (Å²) < 4.78 is 0. The first kappa shape index (κ1) is 13.2. The molecule has 4 nitrogen and oxygen atoms in total. The van der Waals surface area contributed by atoms with E-state index >= 15 is 0 Å². The number of rotatable bonds is 2. The van der Waals surface area contributed by atoms with Gasteiger partial charge in [-0.15, -0.1) is 0 Å². The summed E-state index contributed by atoms with van der Waals surface area (Å²) in [5.41, 5.74) is 2.29. The third-order valence-electron chi connectivity index (χ3n) is 4.24. The van der Waals surface area contributed by atoms with Gasteiger partial charge in [0.1, 0.15) is 12.6 Å². The van der Waals surface area contributed by atoms with E-state index in [0.29, 0.717) is 6.54 Å². The lowest BCUT2D eigenvalue weighted by Crippen LogP contribution is -2.60. The molecule has 1 aromatic carbocycles. The maximum atomic E-state index is 12.5. The molecule has 2 fully saturated rings. The second kappa shape index (κ2) is 5.27. The fourth-order valence-corrected chi connectivity index (χ4v) is 3.08. The largest absolute Gasteiger partial charge is 0.329 e. The highest BCUT2D eigenvalue weighted by Gasteiger charge is 2.40. The van der Waals surface area contributed by atoms with Crippen molar-refractivity contribution < 1.29 is 9.59 Å². The lowest BCUT2D eigenvalue weighted by Gasteiger charge is -2.42. The number of aryl methyl sites for hydroxylation is 1. The molecule has 0 aromatic heterocycles. The van der Waals surface area contributed by atoms with Gasteiger partial charge in [-0.2, -0.15) is 0 Å². The molecule has 106 valence electrons. The Hall–Kier alpha value is -1.84. The number of piperidine rings is 1. The molecule has 2 saturated heterocycles. The molecule has 0 bridgehead atoms. The Morgan fingerprint density at radius 1 is 1.15 bits per heavy atom. The van der Waals surface area contributed by atoms with E-state index < -0.39 is 0 Å². The quantitative estimate of drug-likeness (QED) is 0.822. The minimum atomic E-state index is -0.213. The van der Waals surface area contributed by atoms with Crippen molar-refractivity contribution in [3.8, 4) is 0 Å². The second-order valence-corrected chi connectivity index (χ2v) is 5.78. The fourth-order valence-electron chi connectivity index (χ4n) is 3.08. The Bertz CT molecular complexity index is 524. The summed E-state index contributed by atoms with van der Waals surface area (Å²) in [5.74, 6) is 0.214. The van der Waals surface area contributed by atoms with Gasteiger partial charge in [0.15, 0.2) is 0 Å². The highest BCUT2D eigenvalue weighted by atomic mass is 16.2. The lowest BCUT2D eigenvalue weighted by atomic mass is 9.98. The minimum absolute atomic E-state index is 0.0985. The van der Waals surface area contributed by atoms with Crippen molar-refractivity contribution in [1.29, 1.82) is 0 Å². The van der Waals surface area contributed by atoms with Gasteiger partial charge in [0.2, 0.25) is 11.8 Å². The third-order valence-corrected chi connectivity index (χ3v) is 4.24. The van der Waals surface area contributed by atoms with Gasteiger partial charge in [-0.3, -0.25) is 9.59 Å². The zero-order valence-electron chi connectivity index (χ0n) is 11.8. The maximum Gasteiger partial charge on any atom is 0.246 e. The van der Waals surface area contributed by atoms with Crippen LogP contribution in [0.4, 0.5) is 0 Å². The fraction of sp³-hybridized carbons (Fsp3) is 0.500. The van der Waals surface area contributed by atoms with E-state index in [2.05, 4.69) is 0 Å². The number of amides is 2. The van der Waals surface area contributed by atoms with Crippen LogP contribution < -0.4 is 0 Å². The number of carbonyl (C=O) groups excluding carboxylic acids is 2. The number of hydrogen-bond acceptors (Lipinski definition) is 2. The molecule has 1 unspecified atom stereocenters. The molecule has 0 saturated carbocycles. The van der Waals surface area contributed by atoms with Crippen LogP contribution in [-0.4, -0.2) is 40.7 Å². The maximum absolute atomic E-state index is 12.5. The molecule has 3 rings (SSSR count). The molecule has 20 heavy (non-hydrogen) atoms. The van der Waals surface area contributed by atoms with Gasteiger partial charge >= 0.3 is 0 Å². The predicted molar refractivity (Wildman–Crippen MR) is 75.9 cm³/mol. The normalized spacial score (nSPS) is 22.9. The average Bonchev–Trinajstić information content (AvgIpc) is 2.47. The van der Waals surface area contributed by atoms with Crippen LogP contribution in [0.2, 0.25) is 0 Å². The zero-order chi connectivity index (χ0) is 14.1. The Morgan fingerprint density at radius 2 is 1.90 bits per heavy atom. The van der Waals surface area contributed by atoms with Crippen molar-refractivity contribution in [2.24, 2.45) is 0 Å². The van der Waals surface area contributed by atoms with Crippen LogP contribution in [0, 0.1) is 6.92 Å². The summed E-state index contributed by atoms with van der Waals surface area (Å²) >= 11 is 0. The number of fused-ring (bicyclic) bond motifs is 1. The van der Waals surface area contributed by atoms with Gasteiger partial charge in [-0.05, 0) is 31.7 Å². The van der Waals surface area contributed by atoms with E-state index in [0.717, 1.165) is 31.4 Å². The molecule has 4 heteroatoms. The predicted octanol–water partition coefficient (Wildman–Crippen LogP) is 1.72. The third kappa shape index (κ3) is 2.42. The van der Waals surface area contributed by atoms with Crippen molar-refractivity contribution >= 4 is 11.8 Å². The molecular formula is C16H20N2O2. The summed E-state index contributed by atoms with van der Waals surface area (Å²) in [6.07, 6.45) is 2.88. The summed E-state index contributed by atoms with van der Waals surface area (Å²) in [6.45, 7) is 3.55. The Balaban J connectivity index is 1.75. The van der Waals surface area contributed by atoms with Crippen LogP contribution in [0.3, 0.4) is 0 Å². The molecule has 0 N–H and O–H groups in total. The SMILES string of the molecule is Cc1ccc(CN2CC(=O)N3CCCCC3C2=O)cc1. The van der Waals surface area contributed by atoms with Crippen LogP contribution in [0.15, 0.2) is 24.3 Å². The smallest absolute Gasteiger partial charge is 0.246 e. The van der Waals surface area contributed by atoms with Crippen LogP contribution in [0.25, 0.3) is 0 Å². The molecule has 0 spiro atoms. The average molecular weight is 272 g/mol. The number of hydrogen-bond donors (Lipinski definition) is 0. The highest BCUT2D eigenvalue weighted by molar-refractivity contribution is 5.95. The van der Waals surface area contributed by atoms with Crippen molar-refractivity contribution in [1.82, 2.24) is 9.80 Å². The van der Waals surface area contributed by atoms with E-state index in [-0.39, 0.29) is 24.4 Å². The van der Waals surface area contributed by atoms with Crippen molar-refractivity contribution in [2.75, 3.05) is 13.1 Å². The van der Waals surface area contributed by atoms with Gasteiger partial charge in [0.05, 0.1) is 0 Å². The van der Waals surface area contributed by atoms with Crippen molar-refractivity contribution in [3.05, 3.63) is 35.4 Å². The molecule has 2 heterocycles. The molecule has 0 radical (unpaired) electrons. The van der Waals surface area contributed by atoms with Crippen molar-refractivity contribution in [3.63, 3.8) is 0 Å². The standard InChI is InChI=1S/C16H20N2O2/c1-12-5-7-13(8-6-12)10-17-11-15(19)18-9-3-2-4-14(18)16(17)20/h5-8,14H,2-4,9-11H2,1H3. The zero-order valence-corrected chi connectivity index (χ0v) is 11.8. The van der Waals surface area contributed by atoms with E-state index in [9.17, 15) is 9.59 Å². The monoisotopic (exact) mass is 272 g/mol. The summed E-state index contributed by atoms with van der Waals surface area (Å²) in [6, 6.07) is 7.92.